The maximum Gasteiger partial charge on any atom is 0.341 e. The Morgan fingerprint density at radius 1 is 1.25 bits per heavy atom. The van der Waals surface area contributed by atoms with Crippen molar-refractivity contribution in [1.82, 2.24) is 14.5 Å². The summed E-state index contributed by atoms with van der Waals surface area (Å²) in [7, 11) is 4.27. The molecule has 1 unspecified atom stereocenters. The van der Waals surface area contributed by atoms with Crippen LogP contribution in [0.1, 0.15) is 47.4 Å². The molecule has 6 nitrogen and oxygen atoms in total. The minimum absolute atomic E-state index is 0.215. The molecule has 2 aromatic heterocycles. The molecule has 1 aliphatic heterocycles. The third-order valence-corrected chi connectivity index (χ3v) is 5.96. The zero-order chi connectivity index (χ0) is 20.0. The first-order chi connectivity index (χ1) is 13.4. The van der Waals surface area contributed by atoms with Gasteiger partial charge in [-0.15, -0.1) is 0 Å². The average Bonchev–Trinajstić information content (AvgIpc) is 3.23. The van der Waals surface area contributed by atoms with Crippen molar-refractivity contribution in [3.05, 3.63) is 57.5 Å². The van der Waals surface area contributed by atoms with Crippen molar-refractivity contribution in [3.8, 4) is 11.3 Å². The minimum Gasteiger partial charge on any atom is -0.477 e. The number of aromatic carboxylic acids is 1. The van der Waals surface area contributed by atoms with Crippen LogP contribution in [-0.2, 0) is 13.5 Å². The average molecular weight is 379 g/mol. The molecule has 3 aromatic rings. The quantitative estimate of drug-likeness (QED) is 0.727. The molecule has 1 atom stereocenters. The van der Waals surface area contributed by atoms with Gasteiger partial charge in [0.2, 0.25) is 0 Å². The number of hydrogen-bond acceptors (Lipinski definition) is 3. The maximum absolute atomic E-state index is 12.2. The summed E-state index contributed by atoms with van der Waals surface area (Å²) in [6.07, 6.45) is 3.01. The summed E-state index contributed by atoms with van der Waals surface area (Å²) >= 11 is 0. The second kappa shape index (κ2) is 6.95. The summed E-state index contributed by atoms with van der Waals surface area (Å²) in [5.41, 5.74) is 4.09. The van der Waals surface area contributed by atoms with E-state index in [0.717, 1.165) is 35.0 Å². The molecule has 3 heterocycles. The Balaban J connectivity index is 1.83. The number of hydrogen-bond donors (Lipinski definition) is 2. The number of aryl methyl sites for hydroxylation is 2. The predicted octanol–water partition coefficient (Wildman–Crippen LogP) is 3.56. The fraction of sp³-hybridized carbons (Fsp3) is 0.364. The van der Waals surface area contributed by atoms with E-state index in [9.17, 15) is 14.7 Å². The summed E-state index contributed by atoms with van der Waals surface area (Å²) in [4.78, 5) is 28.7. The fourth-order valence-electron chi connectivity index (χ4n) is 4.40. The van der Waals surface area contributed by atoms with Crippen LogP contribution in [0.2, 0.25) is 0 Å². The van der Waals surface area contributed by atoms with Gasteiger partial charge in [-0.05, 0) is 68.2 Å². The van der Waals surface area contributed by atoms with Crippen LogP contribution in [0.25, 0.3) is 22.2 Å². The number of benzene rings is 1. The molecule has 0 radical (unpaired) electrons. The SMILES string of the molecule is CCc1cc(C(=O)O)c(=O)[nH]c1-c1ccc2c(c1)cc(C1CCCN1C)n2C. The van der Waals surface area contributed by atoms with E-state index in [2.05, 4.69) is 46.7 Å². The summed E-state index contributed by atoms with van der Waals surface area (Å²) in [6, 6.07) is 10.3. The summed E-state index contributed by atoms with van der Waals surface area (Å²) in [5, 5.41) is 10.3. The Bertz CT molecular complexity index is 1130. The molecular weight excluding hydrogens is 354 g/mol. The third-order valence-electron chi connectivity index (χ3n) is 5.96. The number of pyridine rings is 1. The molecule has 4 rings (SSSR count). The van der Waals surface area contributed by atoms with E-state index >= 15 is 0 Å². The predicted molar refractivity (Wildman–Crippen MR) is 110 cm³/mol. The Morgan fingerprint density at radius 3 is 2.68 bits per heavy atom. The van der Waals surface area contributed by atoms with E-state index in [1.54, 1.807) is 0 Å². The number of rotatable bonds is 4. The lowest BCUT2D eigenvalue weighted by Crippen LogP contribution is -2.19. The molecule has 0 aliphatic carbocycles. The fourth-order valence-corrected chi connectivity index (χ4v) is 4.40. The lowest BCUT2D eigenvalue weighted by molar-refractivity contribution is 0.0695. The van der Waals surface area contributed by atoms with Gasteiger partial charge in [0.15, 0.2) is 0 Å². The topological polar surface area (TPSA) is 78.3 Å². The van der Waals surface area contributed by atoms with Crippen LogP contribution in [0.3, 0.4) is 0 Å². The summed E-state index contributed by atoms with van der Waals surface area (Å²) < 4.78 is 2.25. The Kier molecular flexibility index (Phi) is 4.59. The van der Waals surface area contributed by atoms with Crippen molar-refractivity contribution in [2.75, 3.05) is 13.6 Å². The second-order valence-corrected chi connectivity index (χ2v) is 7.61. The minimum atomic E-state index is -1.20. The Hall–Kier alpha value is -2.86. The van der Waals surface area contributed by atoms with E-state index in [0.29, 0.717) is 18.2 Å². The molecule has 1 aromatic carbocycles. The number of fused-ring (bicyclic) bond motifs is 1. The molecule has 1 fully saturated rings. The molecule has 0 bridgehead atoms. The van der Waals surface area contributed by atoms with Gasteiger partial charge in [-0.2, -0.15) is 0 Å². The van der Waals surface area contributed by atoms with Gasteiger partial charge in [0.05, 0.1) is 5.69 Å². The molecule has 28 heavy (non-hydrogen) atoms. The van der Waals surface area contributed by atoms with E-state index in [4.69, 9.17) is 0 Å². The molecule has 6 heteroatoms. The maximum atomic E-state index is 12.2. The largest absolute Gasteiger partial charge is 0.477 e. The first-order valence-electron chi connectivity index (χ1n) is 9.70. The number of carbonyl (C=O) groups is 1. The summed E-state index contributed by atoms with van der Waals surface area (Å²) in [5.74, 6) is -1.20. The van der Waals surface area contributed by atoms with Crippen molar-refractivity contribution in [2.45, 2.75) is 32.2 Å². The van der Waals surface area contributed by atoms with Crippen molar-refractivity contribution in [1.29, 1.82) is 0 Å². The second-order valence-electron chi connectivity index (χ2n) is 7.61. The first kappa shape index (κ1) is 18.5. The van der Waals surface area contributed by atoms with E-state index in [1.165, 1.54) is 18.2 Å². The van der Waals surface area contributed by atoms with Crippen molar-refractivity contribution in [3.63, 3.8) is 0 Å². The lowest BCUT2D eigenvalue weighted by Gasteiger charge is -2.20. The highest BCUT2D eigenvalue weighted by Gasteiger charge is 2.25. The molecule has 146 valence electrons. The third kappa shape index (κ3) is 2.94. The van der Waals surface area contributed by atoms with E-state index < -0.39 is 11.5 Å². The first-order valence-corrected chi connectivity index (χ1v) is 9.70. The van der Waals surface area contributed by atoms with Gasteiger partial charge in [-0.3, -0.25) is 9.69 Å². The van der Waals surface area contributed by atoms with Gasteiger partial charge in [-0.1, -0.05) is 13.0 Å². The van der Waals surface area contributed by atoms with E-state index in [-0.39, 0.29) is 5.56 Å². The molecule has 1 aliphatic rings. The van der Waals surface area contributed by atoms with E-state index in [1.807, 2.05) is 13.0 Å². The molecule has 1 saturated heterocycles. The van der Waals surface area contributed by atoms with Gasteiger partial charge >= 0.3 is 5.97 Å². The zero-order valence-electron chi connectivity index (χ0n) is 16.5. The number of H-pyrrole nitrogens is 1. The smallest absolute Gasteiger partial charge is 0.341 e. The van der Waals surface area contributed by atoms with Crippen LogP contribution >= 0.6 is 0 Å². The van der Waals surface area contributed by atoms with Crippen molar-refractivity contribution < 1.29 is 9.90 Å². The normalized spacial score (nSPS) is 17.5. The number of aromatic amines is 1. The lowest BCUT2D eigenvalue weighted by atomic mass is 10.0. The molecule has 0 amide bonds. The zero-order valence-corrected chi connectivity index (χ0v) is 16.5. The van der Waals surface area contributed by atoms with Crippen LogP contribution in [0.5, 0.6) is 0 Å². The highest BCUT2D eigenvalue weighted by molar-refractivity contribution is 5.89. The number of nitrogens with zero attached hydrogens (tertiary/aromatic N) is 2. The standard InChI is InChI=1S/C22H25N3O3/c1-4-13-11-16(22(27)28)21(26)23-20(13)14-7-8-17-15(10-14)12-19(25(17)3)18-6-5-9-24(18)2/h7-8,10-12,18H,4-6,9H2,1-3H3,(H,23,26)(H,27,28). The molecular formula is C22H25N3O3. The van der Waals surface area contributed by atoms with Gasteiger partial charge < -0.3 is 14.7 Å². The van der Waals surface area contributed by atoms with Crippen molar-refractivity contribution in [2.24, 2.45) is 7.05 Å². The monoisotopic (exact) mass is 379 g/mol. The van der Waals surface area contributed by atoms with Crippen molar-refractivity contribution >= 4 is 16.9 Å². The van der Waals surface area contributed by atoms with Crippen LogP contribution in [0.15, 0.2) is 35.1 Å². The number of carboxylic acids is 1. The Morgan fingerprint density at radius 2 is 2.04 bits per heavy atom. The molecule has 0 spiro atoms. The number of nitrogens with one attached hydrogen (secondary N) is 1. The highest BCUT2D eigenvalue weighted by atomic mass is 16.4. The van der Waals surface area contributed by atoms with Gasteiger partial charge in [0.25, 0.3) is 5.56 Å². The number of likely N-dealkylation sites (tertiary alicyclic amines) is 1. The van der Waals surface area contributed by atoms with Crippen LogP contribution in [0, 0.1) is 0 Å². The van der Waals surface area contributed by atoms with Crippen LogP contribution < -0.4 is 5.56 Å². The van der Waals surface area contributed by atoms with Gasteiger partial charge in [0, 0.05) is 29.7 Å². The van der Waals surface area contributed by atoms with Crippen LogP contribution in [-0.4, -0.2) is 39.1 Å². The Labute approximate surface area is 163 Å². The van der Waals surface area contributed by atoms with Gasteiger partial charge in [-0.25, -0.2) is 4.79 Å². The number of aromatic nitrogens is 2. The highest BCUT2D eigenvalue weighted by Crippen LogP contribution is 2.35. The molecule has 2 N–H and O–H groups in total. The summed E-state index contributed by atoms with van der Waals surface area (Å²) in [6.45, 7) is 3.08. The number of carboxylic acid groups (broad SMARTS) is 1. The van der Waals surface area contributed by atoms with Gasteiger partial charge in [0.1, 0.15) is 5.56 Å². The van der Waals surface area contributed by atoms with Crippen LogP contribution in [0.4, 0.5) is 0 Å². The molecule has 0 saturated carbocycles.